The first-order valence-electron chi connectivity index (χ1n) is 18.4. The van der Waals surface area contributed by atoms with Gasteiger partial charge in [-0.3, -0.25) is 34.1 Å². The van der Waals surface area contributed by atoms with Gasteiger partial charge in [0.2, 0.25) is 35.4 Å². The van der Waals surface area contributed by atoms with E-state index in [1.54, 1.807) is 38.1 Å². The van der Waals surface area contributed by atoms with Gasteiger partial charge in [0.25, 0.3) is 0 Å². The van der Waals surface area contributed by atoms with Crippen molar-refractivity contribution in [2.45, 2.75) is 116 Å². The third-order valence-electron chi connectivity index (χ3n) is 8.55. The fourth-order valence-corrected chi connectivity index (χ4v) is 5.71. The summed E-state index contributed by atoms with van der Waals surface area (Å²) in [6.45, 7) is 8.02. The van der Waals surface area contributed by atoms with Crippen molar-refractivity contribution in [2.75, 3.05) is 19.6 Å². The summed E-state index contributed by atoms with van der Waals surface area (Å²) in [5.41, 5.74) is -0.0902. The summed E-state index contributed by atoms with van der Waals surface area (Å²) in [6.07, 6.45) is 19.2. The fraction of sp³-hybridized carbons (Fsp3) is 0.538. The lowest BCUT2D eigenvalue weighted by atomic mass is 10.0. The van der Waals surface area contributed by atoms with Crippen molar-refractivity contribution < 1.29 is 33.9 Å². The molecule has 14 heteroatoms. The van der Waals surface area contributed by atoms with Crippen LogP contribution in [0.3, 0.4) is 0 Å². The molecule has 4 unspecified atom stereocenters. The van der Waals surface area contributed by atoms with Crippen LogP contribution in [0.25, 0.3) is 0 Å². The highest BCUT2D eigenvalue weighted by Gasteiger charge is 2.45. The molecule has 0 spiro atoms. The Hall–Kier alpha value is -4.82. The molecule has 2 aliphatic heterocycles. The smallest absolute Gasteiger partial charge is 0.245 e. The maximum atomic E-state index is 13.3. The minimum atomic E-state index is -1.21. The van der Waals surface area contributed by atoms with E-state index in [0.717, 1.165) is 24.3 Å². The molecule has 3 rings (SSSR count). The third-order valence-corrected chi connectivity index (χ3v) is 8.55. The number of aliphatic hydroxyl groups is 1. The average Bonchev–Trinajstić information content (AvgIpc) is 3.32. The minimum absolute atomic E-state index is 0.0879. The number of nitrogens with one attached hydrogen (secondary N) is 6. The second-order valence-electron chi connectivity index (χ2n) is 13.7. The molecule has 0 radical (unpaired) electrons. The number of hydrogen-bond donors (Lipinski definition) is 7. The molecular formula is C39H59N7O7. The number of amides is 6. The summed E-state index contributed by atoms with van der Waals surface area (Å²) in [7, 11) is 0. The van der Waals surface area contributed by atoms with Gasteiger partial charge in [0.05, 0.1) is 11.8 Å². The predicted octanol–water partition coefficient (Wildman–Crippen LogP) is 1.86. The van der Waals surface area contributed by atoms with Gasteiger partial charge in [-0.25, -0.2) is 0 Å². The maximum absolute atomic E-state index is 13.3. The molecule has 0 saturated carbocycles. The van der Waals surface area contributed by atoms with Crippen molar-refractivity contribution in [3.8, 4) is 0 Å². The number of benzene rings is 1. The van der Waals surface area contributed by atoms with Gasteiger partial charge in [-0.05, 0) is 52.5 Å². The fourth-order valence-electron chi connectivity index (χ4n) is 5.71. The summed E-state index contributed by atoms with van der Waals surface area (Å²) in [6, 6.07) is 5.97. The molecule has 2 fully saturated rings. The number of nitrogens with zero attached hydrogens (tertiary/aromatic N) is 1. The summed E-state index contributed by atoms with van der Waals surface area (Å²) < 4.78 is 0. The van der Waals surface area contributed by atoms with Crippen LogP contribution in [0.5, 0.6) is 0 Å². The van der Waals surface area contributed by atoms with Gasteiger partial charge in [-0.15, -0.1) is 0 Å². The second-order valence-corrected chi connectivity index (χ2v) is 13.7. The van der Waals surface area contributed by atoms with E-state index in [2.05, 4.69) is 50.1 Å². The van der Waals surface area contributed by atoms with Crippen LogP contribution in [-0.4, -0.2) is 95.0 Å². The van der Waals surface area contributed by atoms with Crippen LogP contribution < -0.4 is 31.9 Å². The monoisotopic (exact) mass is 737 g/mol. The molecule has 2 bridgehead atoms. The van der Waals surface area contributed by atoms with E-state index in [4.69, 9.17) is 5.11 Å². The highest BCUT2D eigenvalue weighted by Crippen LogP contribution is 2.21. The van der Waals surface area contributed by atoms with Gasteiger partial charge in [0.15, 0.2) is 0 Å². The number of rotatable bonds is 15. The van der Waals surface area contributed by atoms with Crippen LogP contribution in [0.4, 0.5) is 0 Å². The van der Waals surface area contributed by atoms with Gasteiger partial charge >= 0.3 is 0 Å². The van der Waals surface area contributed by atoms with Gasteiger partial charge < -0.3 is 36.6 Å². The highest BCUT2D eigenvalue weighted by molar-refractivity contribution is 5.96. The molecule has 7 N–H and O–H groups in total. The molecule has 1 aromatic carbocycles. The van der Waals surface area contributed by atoms with E-state index >= 15 is 0 Å². The van der Waals surface area contributed by atoms with Gasteiger partial charge in [-0.2, -0.15) is 0 Å². The van der Waals surface area contributed by atoms with Gasteiger partial charge in [-0.1, -0.05) is 80.3 Å². The Morgan fingerprint density at radius 3 is 2.36 bits per heavy atom. The van der Waals surface area contributed by atoms with Crippen LogP contribution in [0.1, 0.15) is 85.1 Å². The number of fused-ring (bicyclic) bond motifs is 2. The van der Waals surface area contributed by atoms with Crippen LogP contribution >= 0.6 is 0 Å². The molecule has 2 saturated heterocycles. The third kappa shape index (κ3) is 17.5. The minimum Gasteiger partial charge on any atom is -0.393 e. The Kier molecular flexibility index (Phi) is 19.8. The van der Waals surface area contributed by atoms with Gasteiger partial charge in [0, 0.05) is 38.7 Å². The number of allylic oxidation sites excluding steroid dienone is 4. The zero-order valence-corrected chi connectivity index (χ0v) is 31.8. The zero-order valence-electron chi connectivity index (χ0n) is 31.8. The van der Waals surface area contributed by atoms with E-state index in [-0.39, 0.29) is 44.0 Å². The van der Waals surface area contributed by atoms with E-state index in [1.165, 1.54) is 50.3 Å². The van der Waals surface area contributed by atoms with Crippen LogP contribution in [0, 0.1) is 0 Å². The van der Waals surface area contributed by atoms with Crippen molar-refractivity contribution in [3.63, 3.8) is 0 Å². The summed E-state index contributed by atoms with van der Waals surface area (Å²) in [5, 5.41) is 24.9. The molecule has 4 atom stereocenters. The molecule has 1 aromatic rings. The molecule has 14 nitrogen and oxygen atoms in total. The first-order valence-corrected chi connectivity index (χ1v) is 18.4. The summed E-state index contributed by atoms with van der Waals surface area (Å²) >= 11 is 0. The number of unbranched alkanes of at least 4 members (excludes halogenated alkanes) is 5. The Bertz CT molecular complexity index is 1440. The zero-order chi connectivity index (χ0) is 39.2. The lowest BCUT2D eigenvalue weighted by molar-refractivity contribution is -0.137. The van der Waals surface area contributed by atoms with E-state index in [1.807, 2.05) is 26.0 Å². The van der Waals surface area contributed by atoms with Crippen molar-refractivity contribution >= 4 is 35.4 Å². The molecule has 2 aliphatic rings. The SMILES string of the molecule is C/C=C/C=C/CCCCCCCC(C)O.CC(=O)N/C=C/C(=O)NCC1NC(=O)C(Cc2ccccc2)NC(=O)CN2C(=O)C(CNC1=O)NC2(C)C. The number of aliphatic hydroxyl groups excluding tert-OH is 1. The quantitative estimate of drug-likeness (QED) is 0.0804. The van der Waals surface area contributed by atoms with Crippen molar-refractivity contribution in [1.82, 2.24) is 36.8 Å². The van der Waals surface area contributed by atoms with Crippen molar-refractivity contribution in [2.24, 2.45) is 0 Å². The van der Waals surface area contributed by atoms with Crippen molar-refractivity contribution in [1.29, 1.82) is 0 Å². The molecule has 2 heterocycles. The van der Waals surface area contributed by atoms with E-state index < -0.39 is 47.4 Å². The molecule has 6 amide bonds. The molecule has 292 valence electrons. The highest BCUT2D eigenvalue weighted by atomic mass is 16.3. The average molecular weight is 738 g/mol. The lowest BCUT2D eigenvalue weighted by Crippen LogP contribution is -2.59. The Balaban J connectivity index is 0.000000546. The van der Waals surface area contributed by atoms with Gasteiger partial charge in [0.1, 0.15) is 24.7 Å². The standard InChI is InChI=1S/C25H33N7O6.C14H26O/c1-15(33)26-10-9-20(34)27-12-18-22(36)28-13-19-24(38)32(25(2,3)31-19)14-21(35)29-17(23(37)30-18)11-16-7-5-4-6-8-16;1-3-4-5-6-7-8-9-10-11-12-13-14(2)15/h4-10,17-19,31H,11-14H2,1-3H3,(H,26,33)(H,27,34)(H,28,36)(H,29,35)(H,30,37);3-6,14-15H,7-13H2,1-2H3/b10-9+;4-3+,6-5+. The first-order chi connectivity index (χ1) is 25.2. The topological polar surface area (TPSA) is 198 Å². The second kappa shape index (κ2) is 23.7. The van der Waals surface area contributed by atoms with Crippen molar-refractivity contribution in [3.05, 3.63) is 72.5 Å². The van der Waals surface area contributed by atoms with Crippen LogP contribution in [0.15, 0.2) is 66.9 Å². The van der Waals surface area contributed by atoms with E-state index in [0.29, 0.717) is 0 Å². The first kappa shape index (κ1) is 44.3. The Morgan fingerprint density at radius 1 is 0.981 bits per heavy atom. The van der Waals surface area contributed by atoms with Crippen LogP contribution in [0.2, 0.25) is 0 Å². The summed E-state index contributed by atoms with van der Waals surface area (Å²) in [5.74, 6) is -3.12. The maximum Gasteiger partial charge on any atom is 0.245 e. The molecule has 0 aromatic heterocycles. The van der Waals surface area contributed by atoms with E-state index in [9.17, 15) is 28.8 Å². The van der Waals surface area contributed by atoms with Crippen LogP contribution in [-0.2, 0) is 35.2 Å². The predicted molar refractivity (Wildman–Crippen MR) is 204 cm³/mol. The number of carbonyl (C=O) groups is 6. The number of carbonyl (C=O) groups excluding carboxylic acids is 6. The molecular weight excluding hydrogens is 678 g/mol. The molecule has 0 aliphatic carbocycles. The molecule has 53 heavy (non-hydrogen) atoms. The lowest BCUT2D eigenvalue weighted by Gasteiger charge is -2.31. The Morgan fingerprint density at radius 2 is 1.68 bits per heavy atom. The largest absolute Gasteiger partial charge is 0.393 e. The Labute approximate surface area is 313 Å². The normalized spacial score (nSPS) is 21.1. The summed E-state index contributed by atoms with van der Waals surface area (Å²) in [4.78, 5) is 76.8. The number of hydrogen-bond acceptors (Lipinski definition) is 8.